The molecule has 1 aliphatic rings. The molecule has 0 saturated heterocycles. The van der Waals surface area contributed by atoms with E-state index in [4.69, 9.17) is 0 Å². The molecular formula is C15H31NO. The summed E-state index contributed by atoms with van der Waals surface area (Å²) in [5.74, 6) is 2.16. The summed E-state index contributed by atoms with van der Waals surface area (Å²) in [5.41, 5.74) is 0. The molecule has 1 saturated carbocycles. The van der Waals surface area contributed by atoms with Gasteiger partial charge in [-0.25, -0.2) is 0 Å². The van der Waals surface area contributed by atoms with Crippen LogP contribution in [0.1, 0.15) is 59.8 Å². The van der Waals surface area contributed by atoms with E-state index in [1.807, 2.05) is 0 Å². The minimum atomic E-state index is -0.167. The maximum absolute atomic E-state index is 10.1. The van der Waals surface area contributed by atoms with Crippen LogP contribution in [0.15, 0.2) is 0 Å². The maximum Gasteiger partial charge on any atom is 0.0692 e. The normalized spacial score (nSPS) is 31.8. The van der Waals surface area contributed by atoms with Crippen molar-refractivity contribution in [3.05, 3.63) is 0 Å². The summed E-state index contributed by atoms with van der Waals surface area (Å²) >= 11 is 0. The Morgan fingerprint density at radius 1 is 1.12 bits per heavy atom. The van der Waals surface area contributed by atoms with E-state index in [0.717, 1.165) is 31.2 Å². The fourth-order valence-corrected chi connectivity index (χ4v) is 3.02. The highest BCUT2D eigenvalue weighted by atomic mass is 16.3. The highest BCUT2D eigenvalue weighted by Gasteiger charge is 2.25. The highest BCUT2D eigenvalue weighted by molar-refractivity contribution is 4.81. The summed E-state index contributed by atoms with van der Waals surface area (Å²) in [5, 5.41) is 13.7. The van der Waals surface area contributed by atoms with E-state index in [-0.39, 0.29) is 6.10 Å². The van der Waals surface area contributed by atoms with Crippen molar-refractivity contribution in [2.24, 2.45) is 17.8 Å². The fourth-order valence-electron chi connectivity index (χ4n) is 3.02. The van der Waals surface area contributed by atoms with Crippen LogP contribution in [0.4, 0.5) is 0 Å². The maximum atomic E-state index is 10.1. The van der Waals surface area contributed by atoms with E-state index in [0.29, 0.717) is 12.0 Å². The van der Waals surface area contributed by atoms with Crippen molar-refractivity contribution < 1.29 is 5.11 Å². The third-order valence-corrected chi connectivity index (χ3v) is 4.81. The predicted molar refractivity (Wildman–Crippen MR) is 74.0 cm³/mol. The van der Waals surface area contributed by atoms with Crippen LogP contribution in [0.25, 0.3) is 0 Å². The lowest BCUT2D eigenvalue weighted by molar-refractivity contribution is 0.0928. The van der Waals surface area contributed by atoms with Crippen LogP contribution in [0.3, 0.4) is 0 Å². The summed E-state index contributed by atoms with van der Waals surface area (Å²) < 4.78 is 0. The third-order valence-electron chi connectivity index (χ3n) is 4.81. The zero-order valence-electron chi connectivity index (χ0n) is 12.1. The molecule has 0 bridgehead atoms. The van der Waals surface area contributed by atoms with Gasteiger partial charge in [0.25, 0.3) is 0 Å². The lowest BCUT2D eigenvalue weighted by Crippen LogP contribution is -2.41. The molecule has 102 valence electrons. The molecule has 0 spiro atoms. The summed E-state index contributed by atoms with van der Waals surface area (Å²) in [6, 6.07) is 0.630. The molecule has 1 aliphatic carbocycles. The van der Waals surface area contributed by atoms with Gasteiger partial charge in [0.15, 0.2) is 0 Å². The number of hydrogen-bond donors (Lipinski definition) is 2. The molecule has 0 aliphatic heterocycles. The Morgan fingerprint density at radius 3 is 2.29 bits per heavy atom. The van der Waals surface area contributed by atoms with Crippen molar-refractivity contribution in [2.75, 3.05) is 6.54 Å². The summed E-state index contributed by atoms with van der Waals surface area (Å²) in [6.07, 6.45) is 5.88. The lowest BCUT2D eigenvalue weighted by atomic mass is 9.79. The second-order valence-electron chi connectivity index (χ2n) is 6.02. The fraction of sp³-hybridized carbons (Fsp3) is 1.00. The monoisotopic (exact) mass is 241 g/mol. The topological polar surface area (TPSA) is 32.3 Å². The smallest absolute Gasteiger partial charge is 0.0692 e. The van der Waals surface area contributed by atoms with Crippen LogP contribution in [0.2, 0.25) is 0 Å². The van der Waals surface area contributed by atoms with Crippen molar-refractivity contribution in [3.63, 3.8) is 0 Å². The summed E-state index contributed by atoms with van der Waals surface area (Å²) in [4.78, 5) is 0. The average Bonchev–Trinajstić information content (AvgIpc) is 2.32. The van der Waals surface area contributed by atoms with Gasteiger partial charge < -0.3 is 10.4 Å². The van der Waals surface area contributed by atoms with Crippen LogP contribution in [-0.2, 0) is 0 Å². The minimum Gasteiger partial charge on any atom is -0.392 e. The number of hydrogen-bond acceptors (Lipinski definition) is 2. The van der Waals surface area contributed by atoms with Crippen LogP contribution >= 0.6 is 0 Å². The highest BCUT2D eigenvalue weighted by Crippen LogP contribution is 2.29. The molecule has 0 heterocycles. The molecule has 1 rings (SSSR count). The van der Waals surface area contributed by atoms with E-state index in [1.165, 1.54) is 19.3 Å². The van der Waals surface area contributed by atoms with Crippen LogP contribution < -0.4 is 5.32 Å². The molecule has 4 unspecified atom stereocenters. The van der Waals surface area contributed by atoms with Crippen molar-refractivity contribution in [3.8, 4) is 0 Å². The average molecular weight is 241 g/mol. The molecule has 2 N–H and O–H groups in total. The Bertz CT molecular complexity index is 203. The van der Waals surface area contributed by atoms with Gasteiger partial charge in [-0.2, -0.15) is 0 Å². The van der Waals surface area contributed by atoms with Crippen LogP contribution in [0, 0.1) is 17.8 Å². The summed E-state index contributed by atoms with van der Waals surface area (Å²) in [6.45, 7) is 9.83. The van der Waals surface area contributed by atoms with Crippen molar-refractivity contribution >= 4 is 0 Å². The summed E-state index contributed by atoms with van der Waals surface area (Å²) in [7, 11) is 0. The molecular weight excluding hydrogens is 210 g/mol. The molecule has 0 aromatic heterocycles. The largest absolute Gasteiger partial charge is 0.392 e. The Labute approximate surface area is 107 Å². The quantitative estimate of drug-likeness (QED) is 0.748. The third kappa shape index (κ3) is 4.59. The van der Waals surface area contributed by atoms with Crippen LogP contribution in [0.5, 0.6) is 0 Å². The van der Waals surface area contributed by atoms with E-state index in [2.05, 4.69) is 33.0 Å². The van der Waals surface area contributed by atoms with E-state index >= 15 is 0 Å². The van der Waals surface area contributed by atoms with Crippen LogP contribution in [-0.4, -0.2) is 23.8 Å². The molecule has 0 aromatic carbocycles. The second-order valence-corrected chi connectivity index (χ2v) is 6.02. The van der Waals surface area contributed by atoms with Gasteiger partial charge in [-0.3, -0.25) is 0 Å². The Kier molecular flexibility index (Phi) is 6.50. The zero-order chi connectivity index (χ0) is 12.8. The van der Waals surface area contributed by atoms with Gasteiger partial charge in [-0.05, 0) is 37.0 Å². The minimum absolute atomic E-state index is 0.167. The first-order valence-corrected chi connectivity index (χ1v) is 7.49. The molecule has 0 radical (unpaired) electrons. The first-order chi connectivity index (χ1) is 8.08. The van der Waals surface area contributed by atoms with Gasteiger partial charge >= 0.3 is 0 Å². The second kappa shape index (κ2) is 7.38. The number of nitrogens with one attached hydrogen (secondary N) is 1. The molecule has 0 aromatic rings. The molecule has 2 heteroatoms. The molecule has 0 amide bonds. The predicted octanol–water partition coefficient (Wildman–Crippen LogP) is 3.20. The van der Waals surface area contributed by atoms with Crippen molar-refractivity contribution in [1.82, 2.24) is 5.32 Å². The van der Waals surface area contributed by atoms with Gasteiger partial charge in [0.2, 0.25) is 0 Å². The molecule has 2 nitrogen and oxygen atoms in total. The molecule has 17 heavy (non-hydrogen) atoms. The van der Waals surface area contributed by atoms with Gasteiger partial charge in [0, 0.05) is 12.6 Å². The first-order valence-electron chi connectivity index (χ1n) is 7.49. The standard InChI is InChI=1S/C15H31NO/c1-5-13(6-2)15(17)10-16-14-8-7-11(3)12(4)9-14/h11-17H,5-10H2,1-4H3. The van der Waals surface area contributed by atoms with Crippen molar-refractivity contribution in [1.29, 1.82) is 0 Å². The van der Waals surface area contributed by atoms with E-state index < -0.39 is 0 Å². The van der Waals surface area contributed by atoms with Gasteiger partial charge in [0.05, 0.1) is 6.10 Å². The molecule has 1 fully saturated rings. The lowest BCUT2D eigenvalue weighted by Gasteiger charge is -2.33. The van der Waals surface area contributed by atoms with Gasteiger partial charge in [0.1, 0.15) is 0 Å². The van der Waals surface area contributed by atoms with Crippen molar-refractivity contribution in [2.45, 2.75) is 71.9 Å². The number of aliphatic hydroxyl groups is 1. The molecule has 4 atom stereocenters. The van der Waals surface area contributed by atoms with E-state index in [9.17, 15) is 5.11 Å². The Hall–Kier alpha value is -0.0800. The van der Waals surface area contributed by atoms with Gasteiger partial charge in [-0.15, -0.1) is 0 Å². The number of rotatable bonds is 6. The van der Waals surface area contributed by atoms with Gasteiger partial charge in [-0.1, -0.05) is 40.5 Å². The Balaban J connectivity index is 2.26. The Morgan fingerprint density at radius 2 is 1.76 bits per heavy atom. The SMILES string of the molecule is CCC(CC)C(O)CNC1CCC(C)C(C)C1. The first kappa shape index (κ1) is 15.0. The van der Waals surface area contributed by atoms with E-state index in [1.54, 1.807) is 0 Å². The zero-order valence-corrected chi connectivity index (χ0v) is 12.1. The number of aliphatic hydroxyl groups excluding tert-OH is 1.